The van der Waals surface area contributed by atoms with Crippen LogP contribution in [0.1, 0.15) is 20.3 Å². The molecule has 6 heteroatoms. The molecule has 0 spiro atoms. The van der Waals surface area contributed by atoms with Gasteiger partial charge in [-0.2, -0.15) is 5.10 Å². The van der Waals surface area contributed by atoms with Gasteiger partial charge in [0, 0.05) is 12.6 Å². The molecule has 0 radical (unpaired) electrons. The van der Waals surface area contributed by atoms with E-state index in [0.29, 0.717) is 16.1 Å². The summed E-state index contributed by atoms with van der Waals surface area (Å²) in [6.07, 6.45) is 7.88. The molecule has 1 N–H and O–H groups in total. The number of hydrogen-bond donors (Lipinski definition) is 1. The van der Waals surface area contributed by atoms with Gasteiger partial charge in [-0.15, -0.1) is 6.42 Å². The van der Waals surface area contributed by atoms with Crippen molar-refractivity contribution in [2.24, 2.45) is 5.92 Å². The van der Waals surface area contributed by atoms with E-state index in [4.69, 9.17) is 6.42 Å². The number of terminal acetylenes is 1. The summed E-state index contributed by atoms with van der Waals surface area (Å²) in [5.74, 6) is 2.98. The molecule has 116 valence electrons. The average Bonchev–Trinajstić information content (AvgIpc) is 2.37. The number of hydrogen-bond acceptors (Lipinski definition) is 4. The highest BCUT2D eigenvalue weighted by Crippen LogP contribution is 2.19. The third-order valence-electron chi connectivity index (χ3n) is 2.93. The number of likely N-dealkylation sites (N-methyl/N-ethyl adjacent to an activating group) is 1. The van der Waals surface area contributed by atoms with E-state index in [1.807, 2.05) is 14.1 Å². The number of halogens is 1. The zero-order valence-corrected chi connectivity index (χ0v) is 14.6. The highest BCUT2D eigenvalue weighted by Gasteiger charge is 2.15. The molecule has 0 aliphatic rings. The predicted octanol–water partition coefficient (Wildman–Crippen LogP) is 2.03. The molecule has 1 atom stereocenters. The number of nitrogens with one attached hydrogen (secondary N) is 1. The van der Waals surface area contributed by atoms with Crippen LogP contribution in [0.15, 0.2) is 15.5 Å². The SMILES string of the molecule is C#CCn1ncc(NC(CC(C)C)CN(C)C)c(Br)c1=O. The quantitative estimate of drug-likeness (QED) is 0.761. The predicted molar refractivity (Wildman–Crippen MR) is 90.4 cm³/mol. The van der Waals surface area contributed by atoms with E-state index >= 15 is 0 Å². The Morgan fingerprint density at radius 2 is 2.19 bits per heavy atom. The largest absolute Gasteiger partial charge is 0.379 e. The Morgan fingerprint density at radius 1 is 1.52 bits per heavy atom. The second-order valence-electron chi connectivity index (χ2n) is 5.77. The molecular weight excluding hydrogens is 332 g/mol. The van der Waals surface area contributed by atoms with Crippen molar-refractivity contribution in [3.8, 4) is 12.3 Å². The maximum atomic E-state index is 12.1. The summed E-state index contributed by atoms with van der Waals surface area (Å²) in [7, 11) is 4.07. The van der Waals surface area contributed by atoms with Gasteiger partial charge in [0.25, 0.3) is 5.56 Å². The first kappa shape index (κ1) is 17.7. The maximum Gasteiger partial charge on any atom is 0.284 e. The van der Waals surface area contributed by atoms with E-state index in [2.05, 4.69) is 51.0 Å². The van der Waals surface area contributed by atoms with E-state index in [9.17, 15) is 4.79 Å². The summed E-state index contributed by atoms with van der Waals surface area (Å²) in [5.41, 5.74) is 0.492. The van der Waals surface area contributed by atoms with Crippen LogP contribution in [0.25, 0.3) is 0 Å². The fourth-order valence-corrected chi connectivity index (χ4v) is 2.60. The zero-order valence-electron chi connectivity index (χ0n) is 13.1. The Kier molecular flexibility index (Phi) is 6.93. The van der Waals surface area contributed by atoms with Gasteiger partial charge in [0.15, 0.2) is 0 Å². The van der Waals surface area contributed by atoms with Crippen molar-refractivity contribution < 1.29 is 0 Å². The van der Waals surface area contributed by atoms with Crippen molar-refractivity contribution >= 4 is 21.6 Å². The highest BCUT2D eigenvalue weighted by molar-refractivity contribution is 9.10. The molecule has 21 heavy (non-hydrogen) atoms. The van der Waals surface area contributed by atoms with Gasteiger partial charge in [-0.3, -0.25) is 4.79 Å². The summed E-state index contributed by atoms with van der Waals surface area (Å²) in [6, 6.07) is 0.251. The lowest BCUT2D eigenvalue weighted by Gasteiger charge is -2.25. The second kappa shape index (κ2) is 8.20. The molecule has 0 fully saturated rings. The van der Waals surface area contributed by atoms with Crippen LogP contribution in [0.2, 0.25) is 0 Å². The van der Waals surface area contributed by atoms with E-state index in [-0.39, 0.29) is 18.1 Å². The van der Waals surface area contributed by atoms with E-state index < -0.39 is 0 Å². The van der Waals surface area contributed by atoms with Gasteiger partial charge in [0.1, 0.15) is 11.0 Å². The normalized spacial score (nSPS) is 12.5. The topological polar surface area (TPSA) is 50.2 Å². The van der Waals surface area contributed by atoms with Crippen LogP contribution < -0.4 is 10.9 Å². The summed E-state index contributed by atoms with van der Waals surface area (Å²) in [5, 5.41) is 7.50. The zero-order chi connectivity index (χ0) is 16.0. The third kappa shape index (κ3) is 5.52. The lowest BCUT2D eigenvalue weighted by atomic mass is 10.0. The van der Waals surface area contributed by atoms with Crippen LogP contribution in [0.3, 0.4) is 0 Å². The van der Waals surface area contributed by atoms with Gasteiger partial charge in [-0.25, -0.2) is 4.68 Å². The molecule has 1 aromatic heterocycles. The Balaban J connectivity index is 2.96. The smallest absolute Gasteiger partial charge is 0.284 e. The minimum atomic E-state index is -0.217. The second-order valence-corrected chi connectivity index (χ2v) is 6.57. The van der Waals surface area contributed by atoms with Crippen molar-refractivity contribution in [1.29, 1.82) is 0 Å². The molecular formula is C15H23BrN4O. The van der Waals surface area contributed by atoms with Crippen LogP contribution in [0, 0.1) is 18.3 Å². The van der Waals surface area contributed by atoms with Gasteiger partial charge in [0.05, 0.1) is 11.9 Å². The lowest BCUT2D eigenvalue weighted by molar-refractivity contribution is 0.356. The highest BCUT2D eigenvalue weighted by atomic mass is 79.9. The van der Waals surface area contributed by atoms with Crippen molar-refractivity contribution in [3.05, 3.63) is 21.0 Å². The van der Waals surface area contributed by atoms with Crippen LogP contribution in [0.5, 0.6) is 0 Å². The first-order chi connectivity index (χ1) is 9.85. The summed E-state index contributed by atoms with van der Waals surface area (Å²) in [6.45, 7) is 5.42. The third-order valence-corrected chi connectivity index (χ3v) is 3.69. The van der Waals surface area contributed by atoms with Crippen LogP contribution >= 0.6 is 15.9 Å². The molecule has 1 heterocycles. The van der Waals surface area contributed by atoms with Crippen LogP contribution in [-0.4, -0.2) is 41.4 Å². The maximum absolute atomic E-state index is 12.1. The fourth-order valence-electron chi connectivity index (χ4n) is 2.17. The minimum Gasteiger partial charge on any atom is -0.379 e. The van der Waals surface area contributed by atoms with Crippen molar-refractivity contribution in [3.63, 3.8) is 0 Å². The summed E-state index contributed by atoms with van der Waals surface area (Å²) in [4.78, 5) is 14.2. The molecule has 1 unspecified atom stereocenters. The van der Waals surface area contributed by atoms with Crippen LogP contribution in [-0.2, 0) is 6.54 Å². The van der Waals surface area contributed by atoms with Gasteiger partial charge in [0.2, 0.25) is 0 Å². The number of anilines is 1. The monoisotopic (exact) mass is 354 g/mol. The Morgan fingerprint density at radius 3 is 2.71 bits per heavy atom. The molecule has 0 aliphatic heterocycles. The van der Waals surface area contributed by atoms with Gasteiger partial charge >= 0.3 is 0 Å². The summed E-state index contributed by atoms with van der Waals surface area (Å²) >= 11 is 3.34. The van der Waals surface area contributed by atoms with Crippen LogP contribution in [0.4, 0.5) is 5.69 Å². The van der Waals surface area contributed by atoms with Gasteiger partial charge < -0.3 is 10.2 Å². The summed E-state index contributed by atoms with van der Waals surface area (Å²) < 4.78 is 1.74. The molecule has 0 bridgehead atoms. The van der Waals surface area contributed by atoms with Gasteiger partial charge in [-0.05, 0) is 42.4 Å². The molecule has 5 nitrogen and oxygen atoms in total. The Bertz CT molecular complexity index is 550. The average molecular weight is 355 g/mol. The lowest BCUT2D eigenvalue weighted by Crippen LogP contribution is -2.34. The fraction of sp³-hybridized carbons (Fsp3) is 0.600. The minimum absolute atomic E-state index is 0.171. The first-order valence-corrected chi connectivity index (χ1v) is 7.74. The standard InChI is InChI=1S/C15H23BrN4O/c1-6-7-20-15(21)14(16)13(9-17-20)18-12(8-11(2)3)10-19(4)5/h1,9,11-12,18H,7-8,10H2,2-5H3. The Labute approximate surface area is 134 Å². The van der Waals surface area contributed by atoms with Gasteiger partial charge in [-0.1, -0.05) is 19.8 Å². The van der Waals surface area contributed by atoms with E-state index in [0.717, 1.165) is 13.0 Å². The molecule has 0 aliphatic carbocycles. The number of aromatic nitrogens is 2. The molecule has 0 amide bonds. The van der Waals surface area contributed by atoms with E-state index in [1.165, 1.54) is 4.68 Å². The Hall–Kier alpha value is -1.32. The molecule has 0 saturated heterocycles. The molecule has 1 rings (SSSR count). The van der Waals surface area contributed by atoms with Crippen molar-refractivity contribution in [2.75, 3.05) is 26.0 Å². The van der Waals surface area contributed by atoms with Crippen molar-refractivity contribution in [2.45, 2.75) is 32.9 Å². The number of nitrogens with zero attached hydrogens (tertiary/aromatic N) is 3. The van der Waals surface area contributed by atoms with Crippen molar-refractivity contribution in [1.82, 2.24) is 14.7 Å². The first-order valence-electron chi connectivity index (χ1n) is 6.95. The molecule has 0 saturated carbocycles. The molecule has 0 aromatic carbocycles. The van der Waals surface area contributed by atoms with E-state index in [1.54, 1.807) is 6.20 Å². The molecule has 1 aromatic rings. The number of rotatable bonds is 7.